The summed E-state index contributed by atoms with van der Waals surface area (Å²) in [5.74, 6) is -1.69. The van der Waals surface area contributed by atoms with Crippen LogP contribution in [0.15, 0.2) is 17.5 Å². The van der Waals surface area contributed by atoms with Gasteiger partial charge in [0.1, 0.15) is 6.04 Å². The first-order valence-electron chi connectivity index (χ1n) is 5.68. The molecule has 5 nitrogen and oxygen atoms in total. The molecule has 0 unspecified atom stereocenters. The topological polar surface area (TPSA) is 83.5 Å². The highest BCUT2D eigenvalue weighted by molar-refractivity contribution is 8.14. The second-order valence-corrected chi connectivity index (χ2v) is 7.56. The third kappa shape index (κ3) is 5.18. The monoisotopic (exact) mass is 333 g/mol. The molecule has 2 N–H and O–H groups in total. The summed E-state index contributed by atoms with van der Waals surface area (Å²) < 4.78 is -0.976. The average Bonchev–Trinajstić information content (AvgIpc) is 2.85. The number of nitrogens with one attached hydrogen (secondary N) is 1. The molecule has 8 heteroatoms. The molecule has 0 radical (unpaired) electrons. The van der Waals surface area contributed by atoms with Gasteiger partial charge < -0.3 is 10.4 Å². The largest absolute Gasteiger partial charge is 0.480 e. The molecule has 0 aliphatic carbocycles. The minimum absolute atomic E-state index is 0.0261. The Hall–Kier alpha value is -0.990. The molecule has 1 atom stereocenters. The smallest absolute Gasteiger partial charge is 0.327 e. The van der Waals surface area contributed by atoms with Crippen LogP contribution in [0.1, 0.15) is 23.5 Å². The predicted molar refractivity (Wildman–Crippen MR) is 83.7 cm³/mol. The third-order valence-electron chi connectivity index (χ3n) is 2.26. The van der Waals surface area contributed by atoms with E-state index in [1.807, 2.05) is 0 Å². The summed E-state index contributed by atoms with van der Waals surface area (Å²) in [7, 11) is 0. The maximum Gasteiger partial charge on any atom is 0.327 e. The molecule has 0 saturated heterocycles. The fourth-order valence-corrected chi connectivity index (χ4v) is 2.83. The lowest BCUT2D eigenvalue weighted by atomic mass is 10.2. The maximum atomic E-state index is 11.8. The molecule has 0 spiro atoms. The Morgan fingerprint density at radius 3 is 2.60 bits per heavy atom. The minimum atomic E-state index is -1.18. The van der Waals surface area contributed by atoms with E-state index in [9.17, 15) is 14.4 Å². The standard InChI is InChI=1S/C12H15NO4S3/c1-12(2,18)11(17)13-7(9(14)15)6-20-10(16)8-4-3-5-19-8/h3-5,7,18H,6H2,1-2H3,(H,13,17)(H,14,15)/t7-/m0/s1. The van der Waals surface area contributed by atoms with Gasteiger partial charge in [0.25, 0.3) is 0 Å². The van der Waals surface area contributed by atoms with Crippen LogP contribution in [0.5, 0.6) is 0 Å². The molecule has 0 aliphatic heterocycles. The van der Waals surface area contributed by atoms with Gasteiger partial charge in [0.2, 0.25) is 11.0 Å². The number of carbonyl (C=O) groups excluding carboxylic acids is 2. The van der Waals surface area contributed by atoms with E-state index in [0.717, 1.165) is 11.8 Å². The van der Waals surface area contributed by atoms with Crippen molar-refractivity contribution in [1.82, 2.24) is 5.32 Å². The minimum Gasteiger partial charge on any atom is -0.480 e. The molecule has 1 rings (SSSR count). The zero-order valence-electron chi connectivity index (χ0n) is 11.0. The Bertz CT molecular complexity index is 493. The second-order valence-electron chi connectivity index (χ2n) is 4.50. The number of thioether (sulfide) groups is 1. The zero-order chi connectivity index (χ0) is 15.3. The normalized spacial score (nSPS) is 12.8. The Morgan fingerprint density at radius 2 is 2.15 bits per heavy atom. The number of rotatable bonds is 6. The van der Waals surface area contributed by atoms with Gasteiger partial charge in [-0.15, -0.1) is 11.3 Å². The van der Waals surface area contributed by atoms with Crippen molar-refractivity contribution in [2.75, 3.05) is 5.75 Å². The molecule has 0 fully saturated rings. The molecule has 20 heavy (non-hydrogen) atoms. The van der Waals surface area contributed by atoms with E-state index < -0.39 is 22.7 Å². The van der Waals surface area contributed by atoms with Crippen LogP contribution in [0.3, 0.4) is 0 Å². The van der Waals surface area contributed by atoms with E-state index in [0.29, 0.717) is 4.88 Å². The summed E-state index contributed by atoms with van der Waals surface area (Å²) in [6.07, 6.45) is 0. The van der Waals surface area contributed by atoms with Crippen molar-refractivity contribution in [2.24, 2.45) is 0 Å². The highest BCUT2D eigenvalue weighted by atomic mass is 32.2. The van der Waals surface area contributed by atoms with Crippen molar-refractivity contribution in [3.8, 4) is 0 Å². The van der Waals surface area contributed by atoms with Crippen LogP contribution in [0.25, 0.3) is 0 Å². The molecule has 1 aromatic heterocycles. The number of thiol groups is 1. The van der Waals surface area contributed by atoms with Gasteiger partial charge in [-0.25, -0.2) is 4.79 Å². The fourth-order valence-electron chi connectivity index (χ4n) is 1.13. The molecule has 1 heterocycles. The molecular weight excluding hydrogens is 318 g/mol. The Labute approximate surface area is 130 Å². The second kappa shape index (κ2) is 7.14. The first kappa shape index (κ1) is 17.1. The van der Waals surface area contributed by atoms with Gasteiger partial charge >= 0.3 is 5.97 Å². The van der Waals surface area contributed by atoms with Crippen molar-refractivity contribution >= 4 is 52.7 Å². The molecule has 0 aliphatic rings. The molecular formula is C12H15NO4S3. The van der Waals surface area contributed by atoms with Gasteiger partial charge in [0.05, 0.1) is 9.62 Å². The quantitative estimate of drug-likeness (QED) is 0.693. The molecule has 110 valence electrons. The Balaban J connectivity index is 2.58. The van der Waals surface area contributed by atoms with Gasteiger partial charge in [0.15, 0.2) is 0 Å². The van der Waals surface area contributed by atoms with Gasteiger partial charge in [-0.1, -0.05) is 17.8 Å². The fraction of sp³-hybridized carbons (Fsp3) is 0.417. The number of hydrogen-bond acceptors (Lipinski definition) is 6. The van der Waals surface area contributed by atoms with E-state index in [-0.39, 0.29) is 10.9 Å². The van der Waals surface area contributed by atoms with Crippen molar-refractivity contribution in [3.63, 3.8) is 0 Å². The zero-order valence-corrected chi connectivity index (χ0v) is 13.5. The molecule has 0 bridgehead atoms. The molecule has 0 saturated carbocycles. The number of carboxylic acids is 1. The SMILES string of the molecule is CC(C)(S)C(=O)N[C@@H](CSC(=O)c1cccs1)C(=O)O. The van der Waals surface area contributed by atoms with Crippen LogP contribution >= 0.6 is 35.7 Å². The van der Waals surface area contributed by atoms with Gasteiger partial charge in [0, 0.05) is 5.75 Å². The number of carboxylic acid groups (broad SMARTS) is 1. The number of thiophene rings is 1. The van der Waals surface area contributed by atoms with Gasteiger partial charge in [-0.05, 0) is 25.3 Å². The van der Waals surface area contributed by atoms with E-state index >= 15 is 0 Å². The van der Waals surface area contributed by atoms with Crippen molar-refractivity contribution in [1.29, 1.82) is 0 Å². The van der Waals surface area contributed by atoms with Crippen LogP contribution < -0.4 is 5.32 Å². The molecule has 1 aromatic rings. The Morgan fingerprint density at radius 1 is 1.50 bits per heavy atom. The van der Waals surface area contributed by atoms with Crippen LogP contribution in [-0.2, 0) is 9.59 Å². The Kier molecular flexibility index (Phi) is 6.09. The number of amides is 1. The van der Waals surface area contributed by atoms with E-state index in [1.165, 1.54) is 11.3 Å². The lowest BCUT2D eigenvalue weighted by Gasteiger charge is -2.20. The maximum absolute atomic E-state index is 11.8. The van der Waals surface area contributed by atoms with E-state index in [4.69, 9.17) is 5.11 Å². The number of hydrogen-bond donors (Lipinski definition) is 3. The van der Waals surface area contributed by atoms with Crippen molar-refractivity contribution < 1.29 is 19.5 Å². The van der Waals surface area contributed by atoms with Crippen LogP contribution in [0.4, 0.5) is 0 Å². The van der Waals surface area contributed by atoms with E-state index in [2.05, 4.69) is 17.9 Å². The highest BCUT2D eigenvalue weighted by Gasteiger charge is 2.28. The summed E-state index contributed by atoms with van der Waals surface area (Å²) in [5, 5.41) is 13.0. The first-order chi connectivity index (χ1) is 9.21. The van der Waals surface area contributed by atoms with Gasteiger partial charge in [-0.2, -0.15) is 12.6 Å². The van der Waals surface area contributed by atoms with Gasteiger partial charge in [-0.3, -0.25) is 9.59 Å². The lowest BCUT2D eigenvalue weighted by Crippen LogP contribution is -2.48. The van der Waals surface area contributed by atoms with Crippen LogP contribution in [0, 0.1) is 0 Å². The summed E-state index contributed by atoms with van der Waals surface area (Å²) >= 11 is 6.24. The van der Waals surface area contributed by atoms with Crippen LogP contribution in [0.2, 0.25) is 0 Å². The third-order valence-corrected chi connectivity index (χ3v) is 4.45. The summed E-state index contributed by atoms with van der Waals surface area (Å²) in [4.78, 5) is 35.1. The van der Waals surface area contributed by atoms with Crippen LogP contribution in [-0.4, -0.2) is 38.6 Å². The van der Waals surface area contributed by atoms with Crippen molar-refractivity contribution in [2.45, 2.75) is 24.6 Å². The summed E-state index contributed by atoms with van der Waals surface area (Å²) in [5.41, 5.74) is 0. The highest BCUT2D eigenvalue weighted by Crippen LogP contribution is 2.18. The lowest BCUT2D eigenvalue weighted by molar-refractivity contribution is -0.141. The predicted octanol–water partition coefficient (Wildman–Crippen LogP) is 1.90. The number of aliphatic carboxylic acids is 1. The first-order valence-corrected chi connectivity index (χ1v) is 8.00. The summed E-state index contributed by atoms with van der Waals surface area (Å²) in [6.45, 7) is 3.13. The summed E-state index contributed by atoms with van der Waals surface area (Å²) in [6, 6.07) is 2.30. The van der Waals surface area contributed by atoms with E-state index in [1.54, 1.807) is 31.4 Å². The average molecular weight is 333 g/mol. The molecule has 0 aromatic carbocycles. The molecule has 1 amide bonds. The number of carbonyl (C=O) groups is 3. The van der Waals surface area contributed by atoms with Crippen molar-refractivity contribution in [3.05, 3.63) is 22.4 Å².